The van der Waals surface area contributed by atoms with Gasteiger partial charge in [-0.1, -0.05) is 37.6 Å². The zero-order valence-corrected chi connectivity index (χ0v) is 10.5. The highest BCUT2D eigenvalue weighted by Crippen LogP contribution is 2.39. The summed E-state index contributed by atoms with van der Waals surface area (Å²) >= 11 is 6.22. The van der Waals surface area contributed by atoms with E-state index in [4.69, 9.17) is 11.6 Å². The maximum atomic E-state index is 6.22. The van der Waals surface area contributed by atoms with E-state index in [9.17, 15) is 0 Å². The minimum absolute atomic E-state index is 0.421. The van der Waals surface area contributed by atoms with Crippen LogP contribution in [-0.2, 0) is 12.8 Å². The second-order valence-electron chi connectivity index (χ2n) is 5.59. The van der Waals surface area contributed by atoms with Gasteiger partial charge in [0.2, 0.25) is 0 Å². The van der Waals surface area contributed by atoms with Crippen molar-refractivity contribution >= 4 is 22.5 Å². The summed E-state index contributed by atoms with van der Waals surface area (Å²) in [7, 11) is 0. The number of hydrogen-bond acceptors (Lipinski definition) is 0. The van der Waals surface area contributed by atoms with Gasteiger partial charge in [0.05, 0.1) is 10.5 Å². The van der Waals surface area contributed by atoms with Crippen molar-refractivity contribution in [2.45, 2.75) is 33.1 Å². The molecule has 1 N–H and O–H groups in total. The van der Waals surface area contributed by atoms with Crippen LogP contribution >= 0.6 is 11.6 Å². The molecule has 3 rings (SSSR count). The lowest BCUT2D eigenvalue weighted by molar-refractivity contribution is 0.315. The SMILES string of the molecule is CC1(C)CCc2[nH]c3c(Cl)cccc3c2C1. The number of hydrogen-bond donors (Lipinski definition) is 1. The molecular formula is C14H16ClN. The van der Waals surface area contributed by atoms with Crippen LogP contribution in [0.2, 0.25) is 5.02 Å². The average molecular weight is 234 g/mol. The molecule has 0 bridgehead atoms. The number of halogens is 1. The molecule has 0 saturated carbocycles. The summed E-state index contributed by atoms with van der Waals surface area (Å²) in [6.07, 6.45) is 3.56. The van der Waals surface area contributed by atoms with E-state index < -0.39 is 0 Å². The van der Waals surface area contributed by atoms with Gasteiger partial charge in [-0.15, -0.1) is 0 Å². The maximum Gasteiger partial charge on any atom is 0.0648 e. The third kappa shape index (κ3) is 1.46. The Morgan fingerprint density at radius 1 is 1.31 bits per heavy atom. The van der Waals surface area contributed by atoms with Crippen molar-refractivity contribution in [1.29, 1.82) is 0 Å². The van der Waals surface area contributed by atoms with E-state index in [0.29, 0.717) is 5.41 Å². The minimum Gasteiger partial charge on any atom is -0.357 e. The fraction of sp³-hybridized carbons (Fsp3) is 0.429. The molecule has 84 valence electrons. The van der Waals surface area contributed by atoms with Gasteiger partial charge in [-0.2, -0.15) is 0 Å². The molecule has 1 aromatic carbocycles. The zero-order valence-electron chi connectivity index (χ0n) is 9.73. The number of aromatic nitrogens is 1. The molecule has 1 nitrogen and oxygen atoms in total. The summed E-state index contributed by atoms with van der Waals surface area (Å²) in [6.45, 7) is 4.69. The van der Waals surface area contributed by atoms with E-state index >= 15 is 0 Å². The van der Waals surface area contributed by atoms with E-state index in [-0.39, 0.29) is 0 Å². The first kappa shape index (κ1) is 10.2. The number of nitrogens with one attached hydrogen (secondary N) is 1. The van der Waals surface area contributed by atoms with Crippen molar-refractivity contribution in [3.05, 3.63) is 34.5 Å². The summed E-state index contributed by atoms with van der Waals surface area (Å²) in [5.74, 6) is 0. The number of H-pyrrole nitrogens is 1. The van der Waals surface area contributed by atoms with E-state index in [2.05, 4.69) is 24.9 Å². The molecule has 0 atom stereocenters. The lowest BCUT2D eigenvalue weighted by Crippen LogP contribution is -2.21. The summed E-state index contributed by atoms with van der Waals surface area (Å²) in [5, 5.41) is 2.15. The third-order valence-corrected chi connectivity index (χ3v) is 4.00. The lowest BCUT2D eigenvalue weighted by atomic mass is 9.76. The van der Waals surface area contributed by atoms with E-state index in [0.717, 1.165) is 23.4 Å². The van der Waals surface area contributed by atoms with Gasteiger partial charge in [0.15, 0.2) is 0 Å². The van der Waals surface area contributed by atoms with Crippen molar-refractivity contribution in [2.75, 3.05) is 0 Å². The highest BCUT2D eigenvalue weighted by Gasteiger charge is 2.28. The van der Waals surface area contributed by atoms with E-state index in [1.807, 2.05) is 12.1 Å². The van der Waals surface area contributed by atoms with Crippen LogP contribution in [0.3, 0.4) is 0 Å². The monoisotopic (exact) mass is 233 g/mol. The second kappa shape index (κ2) is 3.27. The summed E-state index contributed by atoms with van der Waals surface area (Å²) < 4.78 is 0. The van der Waals surface area contributed by atoms with Gasteiger partial charge in [0.25, 0.3) is 0 Å². The first-order valence-corrected chi connectivity index (χ1v) is 6.23. The van der Waals surface area contributed by atoms with E-state index in [1.54, 1.807) is 0 Å². The standard InChI is InChI=1S/C14H16ClN/c1-14(2)7-6-12-10(8-14)9-4-3-5-11(15)13(9)16-12/h3-5,16H,6-8H2,1-2H3. The largest absolute Gasteiger partial charge is 0.357 e. The number of fused-ring (bicyclic) bond motifs is 3. The molecule has 0 unspecified atom stereocenters. The molecule has 0 fully saturated rings. The molecular weight excluding hydrogens is 218 g/mol. The molecule has 1 heterocycles. The van der Waals surface area contributed by atoms with E-state index in [1.165, 1.54) is 23.1 Å². The van der Waals surface area contributed by atoms with Gasteiger partial charge < -0.3 is 4.98 Å². The van der Waals surface area contributed by atoms with Crippen LogP contribution in [0.1, 0.15) is 31.5 Å². The van der Waals surface area contributed by atoms with Crippen LogP contribution < -0.4 is 0 Å². The molecule has 0 amide bonds. The van der Waals surface area contributed by atoms with Gasteiger partial charge in [-0.05, 0) is 36.3 Å². The highest BCUT2D eigenvalue weighted by atomic mass is 35.5. The average Bonchev–Trinajstić information content (AvgIpc) is 2.57. The zero-order chi connectivity index (χ0) is 11.3. The molecule has 16 heavy (non-hydrogen) atoms. The predicted octanol–water partition coefficient (Wildman–Crippen LogP) is 4.34. The van der Waals surface area contributed by atoms with Crippen molar-refractivity contribution in [3.8, 4) is 0 Å². The van der Waals surface area contributed by atoms with Gasteiger partial charge >= 0.3 is 0 Å². The Labute approximate surface area is 101 Å². The summed E-state index contributed by atoms with van der Waals surface area (Å²) in [4.78, 5) is 3.49. The van der Waals surface area contributed by atoms with Crippen LogP contribution in [0.5, 0.6) is 0 Å². The number of aromatic amines is 1. The molecule has 0 saturated heterocycles. The van der Waals surface area contributed by atoms with Crippen molar-refractivity contribution in [3.63, 3.8) is 0 Å². The Morgan fingerprint density at radius 2 is 2.12 bits per heavy atom. The van der Waals surface area contributed by atoms with Crippen LogP contribution in [0.25, 0.3) is 10.9 Å². The number of benzene rings is 1. The van der Waals surface area contributed by atoms with Crippen LogP contribution in [0, 0.1) is 5.41 Å². The first-order valence-electron chi connectivity index (χ1n) is 5.85. The molecule has 1 aromatic heterocycles. The molecule has 0 aliphatic heterocycles. The van der Waals surface area contributed by atoms with Gasteiger partial charge in [0, 0.05) is 11.1 Å². The molecule has 0 radical (unpaired) electrons. The molecule has 2 aromatic rings. The Balaban J connectivity index is 2.26. The van der Waals surface area contributed by atoms with Crippen LogP contribution in [-0.4, -0.2) is 4.98 Å². The number of rotatable bonds is 0. The number of para-hydroxylation sites is 1. The third-order valence-electron chi connectivity index (χ3n) is 3.69. The molecule has 1 aliphatic carbocycles. The quantitative estimate of drug-likeness (QED) is 0.697. The topological polar surface area (TPSA) is 15.8 Å². The normalized spacial score (nSPS) is 18.7. The minimum atomic E-state index is 0.421. The highest BCUT2D eigenvalue weighted by molar-refractivity contribution is 6.35. The first-order chi connectivity index (χ1) is 7.57. The lowest BCUT2D eigenvalue weighted by Gasteiger charge is -2.29. The smallest absolute Gasteiger partial charge is 0.0648 e. The molecule has 2 heteroatoms. The fourth-order valence-corrected chi connectivity index (χ4v) is 2.96. The molecule has 0 spiro atoms. The Bertz CT molecular complexity index is 551. The second-order valence-corrected chi connectivity index (χ2v) is 5.99. The van der Waals surface area contributed by atoms with Crippen molar-refractivity contribution in [1.82, 2.24) is 4.98 Å². The van der Waals surface area contributed by atoms with Crippen LogP contribution in [0.15, 0.2) is 18.2 Å². The predicted molar refractivity (Wildman–Crippen MR) is 69.1 cm³/mol. The van der Waals surface area contributed by atoms with Crippen LogP contribution in [0.4, 0.5) is 0 Å². The Hall–Kier alpha value is -0.950. The van der Waals surface area contributed by atoms with Gasteiger partial charge in [0.1, 0.15) is 0 Å². The summed E-state index contributed by atoms with van der Waals surface area (Å²) in [5.41, 5.74) is 4.41. The van der Waals surface area contributed by atoms with Gasteiger partial charge in [-0.3, -0.25) is 0 Å². The fourth-order valence-electron chi connectivity index (χ4n) is 2.74. The summed E-state index contributed by atoms with van der Waals surface area (Å²) in [6, 6.07) is 6.18. The number of aryl methyl sites for hydroxylation is 1. The van der Waals surface area contributed by atoms with Crippen molar-refractivity contribution < 1.29 is 0 Å². The molecule has 1 aliphatic rings. The maximum absolute atomic E-state index is 6.22. The Morgan fingerprint density at radius 3 is 2.94 bits per heavy atom. The van der Waals surface area contributed by atoms with Crippen molar-refractivity contribution in [2.24, 2.45) is 5.41 Å². The van der Waals surface area contributed by atoms with Gasteiger partial charge in [-0.25, -0.2) is 0 Å². The Kier molecular flexibility index (Phi) is 2.09.